The predicted molar refractivity (Wildman–Crippen MR) is 58.8 cm³/mol. The van der Waals surface area contributed by atoms with Crippen molar-refractivity contribution >= 4 is 24.1 Å². The van der Waals surface area contributed by atoms with Crippen molar-refractivity contribution in [3.8, 4) is 0 Å². The van der Waals surface area contributed by atoms with Crippen LogP contribution in [-0.4, -0.2) is 19.1 Å². The maximum absolute atomic E-state index is 11.0. The Labute approximate surface area is 89.9 Å². The highest BCUT2D eigenvalue weighted by atomic mass is 35.5. The number of nitrogens with one attached hydrogen (secondary N) is 1. The molecule has 0 bridgehead atoms. The van der Waals surface area contributed by atoms with Crippen LogP contribution in [0.15, 0.2) is 30.3 Å². The molecular formula is C10H14ClNO2. The summed E-state index contributed by atoms with van der Waals surface area (Å²) in [5, 5.41) is 3.02. The Hall–Kier alpha value is -1.22. The molecule has 4 heteroatoms. The number of para-hydroxylation sites is 1. The minimum absolute atomic E-state index is 0. The van der Waals surface area contributed by atoms with Crippen LogP contribution in [-0.2, 0) is 9.53 Å². The van der Waals surface area contributed by atoms with E-state index in [0.717, 1.165) is 5.69 Å². The first-order valence-electron chi connectivity index (χ1n) is 4.13. The molecular weight excluding hydrogens is 202 g/mol. The lowest BCUT2D eigenvalue weighted by Gasteiger charge is -2.12. The van der Waals surface area contributed by atoms with Crippen LogP contribution in [0.3, 0.4) is 0 Å². The van der Waals surface area contributed by atoms with Gasteiger partial charge in [0.05, 0.1) is 7.11 Å². The van der Waals surface area contributed by atoms with Crippen molar-refractivity contribution in [1.29, 1.82) is 0 Å². The molecule has 0 fully saturated rings. The van der Waals surface area contributed by atoms with Gasteiger partial charge in [0, 0.05) is 5.69 Å². The second kappa shape index (κ2) is 6.27. The van der Waals surface area contributed by atoms with Gasteiger partial charge in [-0.1, -0.05) is 18.2 Å². The van der Waals surface area contributed by atoms with Crippen molar-refractivity contribution in [2.75, 3.05) is 12.4 Å². The van der Waals surface area contributed by atoms with E-state index < -0.39 is 0 Å². The van der Waals surface area contributed by atoms with Crippen LogP contribution in [0, 0.1) is 0 Å². The maximum atomic E-state index is 11.0. The Morgan fingerprint density at radius 3 is 2.43 bits per heavy atom. The summed E-state index contributed by atoms with van der Waals surface area (Å²) in [4.78, 5) is 11.0. The van der Waals surface area contributed by atoms with Crippen molar-refractivity contribution in [3.63, 3.8) is 0 Å². The number of rotatable bonds is 3. The second-order valence-electron chi connectivity index (χ2n) is 2.76. The fourth-order valence-electron chi connectivity index (χ4n) is 1.02. The number of methoxy groups -OCH3 is 1. The van der Waals surface area contributed by atoms with Gasteiger partial charge in [0.1, 0.15) is 6.04 Å². The van der Waals surface area contributed by atoms with E-state index in [2.05, 4.69) is 10.1 Å². The van der Waals surface area contributed by atoms with Crippen molar-refractivity contribution in [3.05, 3.63) is 30.3 Å². The van der Waals surface area contributed by atoms with Gasteiger partial charge in [-0.25, -0.2) is 4.79 Å². The van der Waals surface area contributed by atoms with E-state index >= 15 is 0 Å². The third-order valence-electron chi connectivity index (χ3n) is 1.71. The highest BCUT2D eigenvalue weighted by Crippen LogP contribution is 2.07. The lowest BCUT2D eigenvalue weighted by molar-refractivity contribution is -0.141. The van der Waals surface area contributed by atoms with Crippen molar-refractivity contribution in [1.82, 2.24) is 0 Å². The van der Waals surface area contributed by atoms with Crippen LogP contribution < -0.4 is 5.32 Å². The summed E-state index contributed by atoms with van der Waals surface area (Å²) in [7, 11) is 1.38. The quantitative estimate of drug-likeness (QED) is 0.785. The number of benzene rings is 1. The molecule has 0 heterocycles. The molecule has 0 aliphatic heterocycles. The van der Waals surface area contributed by atoms with E-state index in [1.807, 2.05) is 30.3 Å². The Morgan fingerprint density at radius 2 is 1.93 bits per heavy atom. The Kier molecular flexibility index (Phi) is 5.72. The molecule has 0 saturated carbocycles. The van der Waals surface area contributed by atoms with Gasteiger partial charge in [-0.15, -0.1) is 12.4 Å². The van der Waals surface area contributed by atoms with Crippen LogP contribution in [0.25, 0.3) is 0 Å². The molecule has 0 aromatic heterocycles. The number of carbonyl (C=O) groups excluding carboxylic acids is 1. The third-order valence-corrected chi connectivity index (χ3v) is 1.71. The monoisotopic (exact) mass is 215 g/mol. The molecule has 0 aliphatic carbocycles. The number of esters is 1. The second-order valence-corrected chi connectivity index (χ2v) is 2.76. The summed E-state index contributed by atoms with van der Waals surface area (Å²) in [6.07, 6.45) is 0. The van der Waals surface area contributed by atoms with Gasteiger partial charge >= 0.3 is 5.97 Å². The van der Waals surface area contributed by atoms with Gasteiger partial charge in [0.2, 0.25) is 0 Å². The van der Waals surface area contributed by atoms with Crippen molar-refractivity contribution in [2.45, 2.75) is 13.0 Å². The minimum atomic E-state index is -0.313. The molecule has 1 aromatic carbocycles. The van der Waals surface area contributed by atoms with Crippen molar-refractivity contribution in [2.24, 2.45) is 0 Å². The van der Waals surface area contributed by atoms with E-state index in [9.17, 15) is 4.79 Å². The first-order valence-corrected chi connectivity index (χ1v) is 4.13. The van der Waals surface area contributed by atoms with Gasteiger partial charge in [0.15, 0.2) is 0 Å². The molecule has 14 heavy (non-hydrogen) atoms. The standard InChI is InChI=1S/C10H13NO2.ClH/c1-8(10(12)13-2)11-9-6-4-3-5-7-9;/h3-8,11H,1-2H3;1H/t8-;/m0./s1. The molecule has 78 valence electrons. The number of anilines is 1. The van der Waals surface area contributed by atoms with Crippen LogP contribution in [0.2, 0.25) is 0 Å². The van der Waals surface area contributed by atoms with Crippen LogP contribution >= 0.6 is 12.4 Å². The smallest absolute Gasteiger partial charge is 0.327 e. The molecule has 1 atom stereocenters. The molecule has 0 unspecified atom stereocenters. The summed E-state index contributed by atoms with van der Waals surface area (Å²) in [6, 6.07) is 9.23. The summed E-state index contributed by atoms with van der Waals surface area (Å²) >= 11 is 0. The van der Waals surface area contributed by atoms with E-state index in [1.165, 1.54) is 7.11 Å². The zero-order chi connectivity index (χ0) is 9.68. The molecule has 0 spiro atoms. The number of halogens is 1. The normalized spacial score (nSPS) is 11.0. The summed E-state index contributed by atoms with van der Waals surface area (Å²) in [5.74, 6) is -0.260. The summed E-state index contributed by atoms with van der Waals surface area (Å²) in [5.41, 5.74) is 0.917. The Bertz CT molecular complexity index is 277. The number of carbonyl (C=O) groups is 1. The lowest BCUT2D eigenvalue weighted by atomic mass is 10.3. The average molecular weight is 216 g/mol. The number of ether oxygens (including phenoxy) is 1. The van der Waals surface area contributed by atoms with E-state index in [0.29, 0.717) is 0 Å². The maximum Gasteiger partial charge on any atom is 0.327 e. The molecule has 0 saturated heterocycles. The number of hydrogen-bond donors (Lipinski definition) is 1. The van der Waals surface area contributed by atoms with E-state index in [-0.39, 0.29) is 24.4 Å². The van der Waals surface area contributed by atoms with Gasteiger partial charge in [-0.05, 0) is 19.1 Å². The van der Waals surface area contributed by atoms with Crippen LogP contribution in [0.5, 0.6) is 0 Å². The fourth-order valence-corrected chi connectivity index (χ4v) is 1.02. The molecule has 1 rings (SSSR count). The highest BCUT2D eigenvalue weighted by molar-refractivity contribution is 5.85. The molecule has 0 amide bonds. The largest absolute Gasteiger partial charge is 0.467 e. The van der Waals surface area contributed by atoms with Gasteiger partial charge in [-0.3, -0.25) is 0 Å². The van der Waals surface area contributed by atoms with E-state index in [1.54, 1.807) is 6.92 Å². The van der Waals surface area contributed by atoms with Crippen molar-refractivity contribution < 1.29 is 9.53 Å². The first-order chi connectivity index (χ1) is 6.24. The first kappa shape index (κ1) is 12.8. The third kappa shape index (κ3) is 3.66. The minimum Gasteiger partial charge on any atom is -0.467 e. The molecule has 0 aliphatic rings. The molecule has 1 aromatic rings. The van der Waals surface area contributed by atoms with Gasteiger partial charge < -0.3 is 10.1 Å². The topological polar surface area (TPSA) is 38.3 Å². The van der Waals surface area contributed by atoms with Crippen LogP contribution in [0.4, 0.5) is 5.69 Å². The molecule has 1 N–H and O–H groups in total. The fraction of sp³-hybridized carbons (Fsp3) is 0.300. The molecule has 0 radical (unpaired) electrons. The summed E-state index contributed by atoms with van der Waals surface area (Å²) in [6.45, 7) is 1.76. The zero-order valence-corrected chi connectivity index (χ0v) is 9.01. The van der Waals surface area contributed by atoms with E-state index in [4.69, 9.17) is 0 Å². The predicted octanol–water partition coefficient (Wildman–Crippen LogP) is 2.08. The SMILES string of the molecule is COC(=O)[C@H](C)Nc1ccccc1.Cl. The highest BCUT2D eigenvalue weighted by Gasteiger charge is 2.11. The molecule has 3 nitrogen and oxygen atoms in total. The Balaban J connectivity index is 0.00000169. The van der Waals surface area contributed by atoms with Crippen LogP contribution in [0.1, 0.15) is 6.92 Å². The average Bonchev–Trinajstić information content (AvgIpc) is 2.18. The summed E-state index contributed by atoms with van der Waals surface area (Å²) < 4.78 is 4.58. The zero-order valence-electron chi connectivity index (χ0n) is 8.19. The Morgan fingerprint density at radius 1 is 1.36 bits per heavy atom. The number of hydrogen-bond acceptors (Lipinski definition) is 3. The van der Waals surface area contributed by atoms with Gasteiger partial charge in [-0.2, -0.15) is 0 Å². The van der Waals surface area contributed by atoms with Gasteiger partial charge in [0.25, 0.3) is 0 Å². The lowest BCUT2D eigenvalue weighted by Crippen LogP contribution is -2.26.